The predicted octanol–water partition coefficient (Wildman–Crippen LogP) is 1.19. The highest BCUT2D eigenvalue weighted by Crippen LogP contribution is 2.29. The Morgan fingerprint density at radius 2 is 2.25 bits per heavy atom. The maximum atomic E-state index is 5.76. The molecule has 5 nitrogen and oxygen atoms in total. The lowest BCUT2D eigenvalue weighted by atomic mass is 10.4. The molecule has 5 heteroatoms. The Morgan fingerprint density at radius 3 is 2.88 bits per heavy atom. The summed E-state index contributed by atoms with van der Waals surface area (Å²) in [4.78, 5) is 10.8. The molecule has 2 N–H and O–H groups in total. The summed E-state index contributed by atoms with van der Waals surface area (Å²) in [5.41, 5.74) is 5.76. The summed E-state index contributed by atoms with van der Waals surface area (Å²) < 4.78 is 5.29. The number of ether oxygens (including phenoxy) is 1. The number of hydrogen-bond acceptors (Lipinski definition) is 5. The molecule has 16 heavy (non-hydrogen) atoms. The average molecular weight is 222 g/mol. The Kier molecular flexibility index (Phi) is 3.24. The van der Waals surface area contributed by atoms with Crippen LogP contribution in [-0.2, 0) is 11.3 Å². The van der Waals surface area contributed by atoms with Crippen LogP contribution in [0.15, 0.2) is 6.07 Å². The number of nitrogen functional groups attached to an aromatic ring is 1. The molecule has 0 spiro atoms. The second-order valence-electron chi connectivity index (χ2n) is 4.05. The summed E-state index contributed by atoms with van der Waals surface area (Å²) in [6, 6.07) is 2.43. The van der Waals surface area contributed by atoms with Crippen molar-refractivity contribution in [3.05, 3.63) is 11.9 Å². The summed E-state index contributed by atoms with van der Waals surface area (Å²) in [6.07, 6.45) is 2.47. The van der Waals surface area contributed by atoms with Crippen LogP contribution in [0.3, 0.4) is 0 Å². The molecule has 1 saturated carbocycles. The van der Waals surface area contributed by atoms with Gasteiger partial charge < -0.3 is 15.4 Å². The molecule has 0 amide bonds. The van der Waals surface area contributed by atoms with E-state index in [9.17, 15) is 0 Å². The minimum absolute atomic E-state index is 0.424. The van der Waals surface area contributed by atoms with Gasteiger partial charge in [0, 0.05) is 25.8 Å². The summed E-state index contributed by atoms with van der Waals surface area (Å²) in [5.74, 6) is 2.06. The fourth-order valence-electron chi connectivity index (χ4n) is 1.59. The van der Waals surface area contributed by atoms with Crippen LogP contribution in [0.5, 0.6) is 0 Å². The summed E-state index contributed by atoms with van der Waals surface area (Å²) in [6.45, 7) is 3.03. The average Bonchev–Trinajstić information content (AvgIpc) is 3.08. The summed E-state index contributed by atoms with van der Waals surface area (Å²) in [7, 11) is 2.05. The summed E-state index contributed by atoms with van der Waals surface area (Å²) in [5, 5.41) is 0. The van der Waals surface area contributed by atoms with E-state index in [0.717, 1.165) is 5.82 Å². The molecular formula is C11H18N4O. The lowest BCUT2D eigenvalue weighted by molar-refractivity contribution is 0.128. The first-order chi connectivity index (χ1) is 7.70. The number of hydrogen-bond donors (Lipinski definition) is 1. The molecule has 0 radical (unpaired) electrons. The van der Waals surface area contributed by atoms with E-state index in [-0.39, 0.29) is 0 Å². The third kappa shape index (κ3) is 2.61. The van der Waals surface area contributed by atoms with Crippen molar-refractivity contribution in [3.63, 3.8) is 0 Å². The van der Waals surface area contributed by atoms with Crippen molar-refractivity contribution >= 4 is 11.6 Å². The van der Waals surface area contributed by atoms with Crippen LogP contribution in [0.4, 0.5) is 11.6 Å². The zero-order chi connectivity index (χ0) is 11.5. The van der Waals surface area contributed by atoms with Crippen LogP contribution in [0.2, 0.25) is 0 Å². The van der Waals surface area contributed by atoms with Crippen molar-refractivity contribution in [1.29, 1.82) is 0 Å². The number of aromatic nitrogens is 2. The topological polar surface area (TPSA) is 64.3 Å². The van der Waals surface area contributed by atoms with Gasteiger partial charge in [-0.15, -0.1) is 0 Å². The minimum Gasteiger partial charge on any atom is -0.384 e. The highest BCUT2D eigenvalue weighted by atomic mass is 16.5. The molecule has 0 saturated heterocycles. The highest BCUT2D eigenvalue weighted by Gasteiger charge is 2.27. The molecule has 0 bridgehead atoms. The van der Waals surface area contributed by atoms with Gasteiger partial charge in [-0.2, -0.15) is 0 Å². The largest absolute Gasteiger partial charge is 0.384 e. The van der Waals surface area contributed by atoms with Crippen molar-refractivity contribution in [2.75, 3.05) is 24.3 Å². The molecule has 1 fully saturated rings. The Hall–Kier alpha value is -1.36. The first kappa shape index (κ1) is 11.1. The van der Waals surface area contributed by atoms with Gasteiger partial charge in [-0.05, 0) is 19.8 Å². The van der Waals surface area contributed by atoms with E-state index in [1.54, 1.807) is 0 Å². The van der Waals surface area contributed by atoms with Gasteiger partial charge in [0.25, 0.3) is 0 Å². The molecule has 1 aliphatic carbocycles. The molecule has 88 valence electrons. The van der Waals surface area contributed by atoms with E-state index in [4.69, 9.17) is 10.5 Å². The van der Waals surface area contributed by atoms with Crippen LogP contribution in [0.25, 0.3) is 0 Å². The van der Waals surface area contributed by atoms with E-state index in [0.29, 0.717) is 30.9 Å². The Morgan fingerprint density at radius 1 is 1.50 bits per heavy atom. The standard InChI is InChI=1S/C11H18N4O/c1-3-16-7-10-13-9(12)6-11(14-10)15(2)8-4-5-8/h6,8H,3-5,7H2,1-2H3,(H2,12,13,14). The van der Waals surface area contributed by atoms with Gasteiger partial charge in [-0.3, -0.25) is 0 Å². The molecule has 1 aliphatic rings. The monoisotopic (exact) mass is 222 g/mol. The van der Waals surface area contributed by atoms with Crippen LogP contribution < -0.4 is 10.6 Å². The van der Waals surface area contributed by atoms with E-state index < -0.39 is 0 Å². The number of anilines is 2. The molecule has 0 aromatic carbocycles. The SMILES string of the molecule is CCOCc1nc(N)cc(N(C)C2CC2)n1. The lowest BCUT2D eigenvalue weighted by Crippen LogP contribution is -2.21. The van der Waals surface area contributed by atoms with E-state index in [2.05, 4.69) is 14.9 Å². The molecule has 2 rings (SSSR count). The number of nitrogens with two attached hydrogens (primary N) is 1. The molecule has 1 heterocycles. The maximum Gasteiger partial charge on any atom is 0.158 e. The fourth-order valence-corrected chi connectivity index (χ4v) is 1.59. The van der Waals surface area contributed by atoms with Gasteiger partial charge in [-0.25, -0.2) is 9.97 Å². The van der Waals surface area contributed by atoms with Crippen molar-refractivity contribution < 1.29 is 4.74 Å². The third-order valence-corrected chi connectivity index (χ3v) is 2.67. The van der Waals surface area contributed by atoms with Crippen LogP contribution in [-0.4, -0.2) is 29.7 Å². The van der Waals surface area contributed by atoms with Crippen molar-refractivity contribution in [3.8, 4) is 0 Å². The number of nitrogens with zero attached hydrogens (tertiary/aromatic N) is 3. The van der Waals surface area contributed by atoms with Gasteiger partial charge in [0.1, 0.15) is 18.2 Å². The van der Waals surface area contributed by atoms with Gasteiger partial charge in [0.05, 0.1) is 0 Å². The Labute approximate surface area is 95.6 Å². The normalized spacial score (nSPS) is 15.1. The fraction of sp³-hybridized carbons (Fsp3) is 0.636. The molecular weight excluding hydrogens is 204 g/mol. The van der Waals surface area contributed by atoms with Gasteiger partial charge in [0.15, 0.2) is 5.82 Å². The van der Waals surface area contributed by atoms with E-state index in [1.807, 2.05) is 20.0 Å². The van der Waals surface area contributed by atoms with Crippen molar-refractivity contribution in [1.82, 2.24) is 9.97 Å². The zero-order valence-corrected chi connectivity index (χ0v) is 9.81. The van der Waals surface area contributed by atoms with Gasteiger partial charge >= 0.3 is 0 Å². The lowest BCUT2D eigenvalue weighted by Gasteiger charge is -2.18. The smallest absolute Gasteiger partial charge is 0.158 e. The van der Waals surface area contributed by atoms with Crippen LogP contribution in [0, 0.1) is 0 Å². The molecule has 1 aromatic rings. The second-order valence-corrected chi connectivity index (χ2v) is 4.05. The van der Waals surface area contributed by atoms with Gasteiger partial charge in [-0.1, -0.05) is 0 Å². The molecule has 0 aliphatic heterocycles. The number of rotatable bonds is 5. The predicted molar refractivity (Wildman–Crippen MR) is 63.2 cm³/mol. The summed E-state index contributed by atoms with van der Waals surface area (Å²) >= 11 is 0. The molecule has 0 unspecified atom stereocenters. The molecule has 1 aromatic heterocycles. The minimum atomic E-state index is 0.424. The van der Waals surface area contributed by atoms with Crippen molar-refractivity contribution in [2.24, 2.45) is 0 Å². The Balaban J connectivity index is 2.14. The highest BCUT2D eigenvalue weighted by molar-refractivity contribution is 5.48. The van der Waals surface area contributed by atoms with Crippen molar-refractivity contribution in [2.45, 2.75) is 32.4 Å². The molecule has 0 atom stereocenters. The van der Waals surface area contributed by atoms with Crippen LogP contribution in [0.1, 0.15) is 25.6 Å². The first-order valence-corrected chi connectivity index (χ1v) is 5.64. The van der Waals surface area contributed by atoms with E-state index >= 15 is 0 Å². The zero-order valence-electron chi connectivity index (χ0n) is 9.81. The van der Waals surface area contributed by atoms with E-state index in [1.165, 1.54) is 12.8 Å². The van der Waals surface area contributed by atoms with Gasteiger partial charge in [0.2, 0.25) is 0 Å². The third-order valence-electron chi connectivity index (χ3n) is 2.67. The van der Waals surface area contributed by atoms with Crippen LogP contribution >= 0.6 is 0 Å². The second kappa shape index (κ2) is 4.65. The first-order valence-electron chi connectivity index (χ1n) is 5.64. The Bertz CT molecular complexity index is 365. The quantitative estimate of drug-likeness (QED) is 0.810. The maximum absolute atomic E-state index is 5.76.